The molecule has 0 bridgehead atoms. The van der Waals surface area contributed by atoms with Crippen LogP contribution in [0.15, 0.2) is 39.6 Å². The fourth-order valence-electron chi connectivity index (χ4n) is 1.74. The third-order valence-electron chi connectivity index (χ3n) is 2.58. The predicted molar refractivity (Wildman–Crippen MR) is 88.7 cm³/mol. The quantitative estimate of drug-likeness (QED) is 0.458. The summed E-state index contributed by atoms with van der Waals surface area (Å²) >= 11 is 0. The first kappa shape index (κ1) is 18.3. The van der Waals surface area contributed by atoms with E-state index in [1.807, 2.05) is 38.1 Å². The fourth-order valence-corrected chi connectivity index (χ4v) is 1.74. The van der Waals surface area contributed by atoms with Crippen molar-refractivity contribution in [1.29, 1.82) is 0 Å². The SMILES string of the molecule is CO/N=C(\C(=NC(C)=O)OC)c1ccccc1CON=C(C)C. The Balaban J connectivity index is 3.25. The molecule has 0 aromatic heterocycles. The molecule has 1 rings (SSSR count). The Morgan fingerprint density at radius 2 is 1.78 bits per heavy atom. The number of benzene rings is 1. The summed E-state index contributed by atoms with van der Waals surface area (Å²) in [6.07, 6.45) is 0. The zero-order valence-corrected chi connectivity index (χ0v) is 14.0. The minimum Gasteiger partial charge on any atom is -0.479 e. The smallest absolute Gasteiger partial charge is 0.246 e. The molecule has 7 nitrogen and oxygen atoms in total. The van der Waals surface area contributed by atoms with Gasteiger partial charge in [0.15, 0.2) is 5.71 Å². The second kappa shape index (κ2) is 9.34. The molecule has 0 saturated heterocycles. The highest BCUT2D eigenvalue weighted by Crippen LogP contribution is 2.14. The van der Waals surface area contributed by atoms with E-state index >= 15 is 0 Å². The van der Waals surface area contributed by atoms with E-state index in [2.05, 4.69) is 15.3 Å². The number of hydrogen-bond acceptors (Lipinski definition) is 6. The summed E-state index contributed by atoms with van der Waals surface area (Å²) < 4.78 is 5.18. The molecular formula is C16H21N3O4. The van der Waals surface area contributed by atoms with Crippen LogP contribution in [0.4, 0.5) is 0 Å². The van der Waals surface area contributed by atoms with Crippen LogP contribution in [0.1, 0.15) is 31.9 Å². The highest BCUT2D eigenvalue weighted by molar-refractivity contribution is 6.46. The summed E-state index contributed by atoms with van der Waals surface area (Å²) in [5, 5.41) is 7.85. The van der Waals surface area contributed by atoms with Gasteiger partial charge in [0.2, 0.25) is 11.8 Å². The summed E-state index contributed by atoms with van der Waals surface area (Å²) in [5.74, 6) is -0.326. The van der Waals surface area contributed by atoms with Crippen LogP contribution >= 0.6 is 0 Å². The summed E-state index contributed by atoms with van der Waals surface area (Å²) in [6.45, 7) is 5.25. The Labute approximate surface area is 135 Å². The van der Waals surface area contributed by atoms with Crippen molar-refractivity contribution in [3.8, 4) is 0 Å². The molecule has 0 heterocycles. The molecule has 124 valence electrons. The monoisotopic (exact) mass is 319 g/mol. The van der Waals surface area contributed by atoms with Crippen LogP contribution in [0.5, 0.6) is 0 Å². The normalized spacial score (nSPS) is 11.7. The van der Waals surface area contributed by atoms with Gasteiger partial charge in [0, 0.05) is 18.1 Å². The average molecular weight is 319 g/mol. The highest BCUT2D eigenvalue weighted by Gasteiger charge is 2.18. The van der Waals surface area contributed by atoms with E-state index in [1.54, 1.807) is 0 Å². The van der Waals surface area contributed by atoms with Crippen LogP contribution in [-0.2, 0) is 25.8 Å². The van der Waals surface area contributed by atoms with Crippen molar-refractivity contribution in [2.24, 2.45) is 15.3 Å². The van der Waals surface area contributed by atoms with Gasteiger partial charge in [-0.25, -0.2) is 0 Å². The number of aliphatic imine (C=N–C) groups is 1. The van der Waals surface area contributed by atoms with Crippen molar-refractivity contribution in [1.82, 2.24) is 0 Å². The Morgan fingerprint density at radius 1 is 1.09 bits per heavy atom. The number of hydrogen-bond donors (Lipinski definition) is 0. The van der Waals surface area contributed by atoms with Crippen LogP contribution in [0, 0.1) is 0 Å². The minimum absolute atomic E-state index is 0.0713. The first-order chi connectivity index (χ1) is 11.0. The largest absolute Gasteiger partial charge is 0.479 e. The molecule has 0 fully saturated rings. The maximum absolute atomic E-state index is 11.3. The zero-order chi connectivity index (χ0) is 17.2. The third kappa shape index (κ3) is 5.90. The van der Waals surface area contributed by atoms with Crippen LogP contribution < -0.4 is 0 Å². The molecule has 0 aliphatic rings. The number of nitrogens with zero attached hydrogens (tertiary/aromatic N) is 3. The maximum Gasteiger partial charge on any atom is 0.246 e. The molecule has 0 saturated carbocycles. The molecule has 0 radical (unpaired) electrons. The predicted octanol–water partition coefficient (Wildman–Crippen LogP) is 2.54. The topological polar surface area (TPSA) is 81.8 Å². The lowest BCUT2D eigenvalue weighted by Crippen LogP contribution is -2.21. The van der Waals surface area contributed by atoms with Crippen molar-refractivity contribution in [3.63, 3.8) is 0 Å². The van der Waals surface area contributed by atoms with Crippen molar-refractivity contribution in [3.05, 3.63) is 35.4 Å². The van der Waals surface area contributed by atoms with Crippen LogP contribution in [0.2, 0.25) is 0 Å². The Bertz CT molecular complexity index is 632. The van der Waals surface area contributed by atoms with Gasteiger partial charge < -0.3 is 14.4 Å². The molecule has 0 atom stereocenters. The highest BCUT2D eigenvalue weighted by atomic mass is 16.6. The number of amides is 1. The fraction of sp³-hybridized carbons (Fsp3) is 0.375. The van der Waals surface area contributed by atoms with Crippen molar-refractivity contribution < 1.29 is 19.2 Å². The lowest BCUT2D eigenvalue weighted by Gasteiger charge is -2.12. The molecule has 7 heteroatoms. The second-order valence-electron chi connectivity index (χ2n) is 4.73. The van der Waals surface area contributed by atoms with Gasteiger partial charge in [-0.05, 0) is 13.8 Å². The van der Waals surface area contributed by atoms with Gasteiger partial charge in [0.05, 0.1) is 12.8 Å². The molecule has 0 spiro atoms. The van der Waals surface area contributed by atoms with E-state index in [9.17, 15) is 4.79 Å². The minimum atomic E-state index is -0.398. The summed E-state index contributed by atoms with van der Waals surface area (Å²) in [6, 6.07) is 7.37. The Morgan fingerprint density at radius 3 is 2.35 bits per heavy atom. The first-order valence-electron chi connectivity index (χ1n) is 6.95. The molecule has 1 amide bonds. The van der Waals surface area contributed by atoms with E-state index in [1.165, 1.54) is 21.1 Å². The molecule has 0 N–H and O–H groups in total. The number of carbonyl (C=O) groups is 1. The van der Waals surface area contributed by atoms with Gasteiger partial charge in [-0.2, -0.15) is 4.99 Å². The maximum atomic E-state index is 11.3. The van der Waals surface area contributed by atoms with E-state index in [0.717, 1.165) is 11.3 Å². The second-order valence-corrected chi connectivity index (χ2v) is 4.73. The van der Waals surface area contributed by atoms with Crippen LogP contribution in [0.25, 0.3) is 0 Å². The third-order valence-corrected chi connectivity index (χ3v) is 2.58. The van der Waals surface area contributed by atoms with Crippen LogP contribution in [0.3, 0.4) is 0 Å². The lowest BCUT2D eigenvalue weighted by molar-refractivity contribution is -0.115. The van der Waals surface area contributed by atoms with Gasteiger partial charge in [0.1, 0.15) is 13.7 Å². The number of rotatable bonds is 6. The van der Waals surface area contributed by atoms with E-state index in [4.69, 9.17) is 14.4 Å². The van der Waals surface area contributed by atoms with Crippen molar-refractivity contribution in [2.45, 2.75) is 27.4 Å². The van der Waals surface area contributed by atoms with Gasteiger partial charge in [-0.1, -0.05) is 34.6 Å². The summed E-state index contributed by atoms with van der Waals surface area (Å²) in [4.78, 5) is 25.3. The Kier molecular flexibility index (Phi) is 7.45. The summed E-state index contributed by atoms with van der Waals surface area (Å²) in [5.41, 5.74) is 2.60. The number of ether oxygens (including phenoxy) is 1. The van der Waals surface area contributed by atoms with E-state index in [0.29, 0.717) is 11.3 Å². The van der Waals surface area contributed by atoms with Gasteiger partial charge in [-0.3, -0.25) is 4.79 Å². The lowest BCUT2D eigenvalue weighted by atomic mass is 10.0. The number of methoxy groups -OCH3 is 1. The van der Waals surface area contributed by atoms with E-state index < -0.39 is 5.91 Å². The zero-order valence-electron chi connectivity index (χ0n) is 14.0. The van der Waals surface area contributed by atoms with Gasteiger partial charge >= 0.3 is 0 Å². The van der Waals surface area contributed by atoms with E-state index in [-0.39, 0.29) is 12.5 Å². The van der Waals surface area contributed by atoms with Crippen LogP contribution in [-0.4, -0.2) is 37.4 Å². The molecule has 0 unspecified atom stereocenters. The first-order valence-corrected chi connectivity index (χ1v) is 6.95. The molecular weight excluding hydrogens is 298 g/mol. The molecule has 1 aromatic rings. The van der Waals surface area contributed by atoms with Gasteiger partial charge in [0.25, 0.3) is 0 Å². The Hall–Kier alpha value is -2.70. The number of carbonyl (C=O) groups excluding carboxylic acids is 1. The molecule has 0 aliphatic heterocycles. The molecule has 23 heavy (non-hydrogen) atoms. The molecule has 0 aliphatic carbocycles. The van der Waals surface area contributed by atoms with Crippen molar-refractivity contribution in [2.75, 3.05) is 14.2 Å². The average Bonchev–Trinajstić information content (AvgIpc) is 2.51. The standard InChI is InChI=1S/C16H21N3O4/c1-11(2)18-23-10-13-8-6-7-9-14(13)15(19-22-5)16(21-4)17-12(3)20/h6-9H,10H2,1-5H3/b17-16?,19-15-. The number of oxime groups is 2. The summed E-state index contributed by atoms with van der Waals surface area (Å²) in [7, 11) is 2.82. The van der Waals surface area contributed by atoms with Gasteiger partial charge in [-0.15, -0.1) is 0 Å². The molecule has 1 aromatic carbocycles. The van der Waals surface area contributed by atoms with Crippen molar-refractivity contribution >= 4 is 23.2 Å².